The van der Waals surface area contributed by atoms with E-state index in [0.717, 1.165) is 38.2 Å². The Morgan fingerprint density at radius 1 is 1.21 bits per heavy atom. The maximum absolute atomic E-state index is 12.1. The summed E-state index contributed by atoms with van der Waals surface area (Å²) in [6, 6.07) is 9.27. The van der Waals surface area contributed by atoms with Crippen LogP contribution >= 0.6 is 0 Å². The Bertz CT molecular complexity index is 351. The number of ketones is 1. The first-order valence-corrected chi connectivity index (χ1v) is 7.16. The summed E-state index contributed by atoms with van der Waals surface area (Å²) in [4.78, 5) is 12.1. The second-order valence-corrected chi connectivity index (χ2v) is 4.73. The highest BCUT2D eigenvalue weighted by Gasteiger charge is 2.13. The lowest BCUT2D eigenvalue weighted by atomic mass is 10.1. The molecule has 0 aromatic heterocycles. The number of hydrogen-bond acceptors (Lipinski definition) is 3. The zero-order valence-electron chi connectivity index (χ0n) is 12.0. The summed E-state index contributed by atoms with van der Waals surface area (Å²) >= 11 is 0. The molecule has 0 aliphatic heterocycles. The maximum Gasteiger partial charge on any atom is 0.179 e. The van der Waals surface area contributed by atoms with Gasteiger partial charge >= 0.3 is 0 Å². The van der Waals surface area contributed by atoms with Gasteiger partial charge in [-0.1, -0.05) is 43.7 Å². The average Bonchev–Trinajstić information content (AvgIpc) is 2.46. The fraction of sp³-hybridized carbons (Fsp3) is 0.562. The van der Waals surface area contributed by atoms with Gasteiger partial charge in [0.05, 0.1) is 6.04 Å². The molecule has 0 saturated heterocycles. The molecule has 0 radical (unpaired) electrons. The highest BCUT2D eigenvalue weighted by atomic mass is 16.5. The van der Waals surface area contributed by atoms with Crippen LogP contribution < -0.4 is 5.32 Å². The van der Waals surface area contributed by atoms with Crippen LogP contribution in [-0.4, -0.2) is 31.6 Å². The Labute approximate surface area is 116 Å². The van der Waals surface area contributed by atoms with Crippen molar-refractivity contribution in [2.45, 2.75) is 39.2 Å². The Morgan fingerprint density at radius 2 is 1.89 bits per heavy atom. The van der Waals surface area contributed by atoms with E-state index in [9.17, 15) is 4.79 Å². The van der Waals surface area contributed by atoms with Crippen LogP contribution in [0.2, 0.25) is 0 Å². The number of nitrogens with one attached hydrogen (secondary N) is 1. The van der Waals surface area contributed by atoms with Crippen LogP contribution in [0.1, 0.15) is 43.5 Å². The average molecular weight is 263 g/mol. The van der Waals surface area contributed by atoms with Crippen molar-refractivity contribution in [1.82, 2.24) is 5.32 Å². The monoisotopic (exact) mass is 263 g/mol. The van der Waals surface area contributed by atoms with Gasteiger partial charge in [0.15, 0.2) is 5.78 Å². The third kappa shape index (κ3) is 6.50. The summed E-state index contributed by atoms with van der Waals surface area (Å²) < 4.78 is 5.48. The largest absolute Gasteiger partial charge is 0.381 e. The Morgan fingerprint density at radius 3 is 2.58 bits per heavy atom. The molecule has 0 fully saturated rings. The summed E-state index contributed by atoms with van der Waals surface area (Å²) in [5.74, 6) is 0.146. The quantitative estimate of drug-likeness (QED) is 0.521. The molecule has 1 atom stereocenters. The number of unbranched alkanes of at least 4 members (excludes halogenated alkanes) is 1. The SMILES string of the molecule is CCCCOCCCNC(C)C(=O)c1ccccc1. The van der Waals surface area contributed by atoms with E-state index >= 15 is 0 Å². The van der Waals surface area contributed by atoms with Crippen LogP contribution in [0.25, 0.3) is 0 Å². The molecule has 1 unspecified atom stereocenters. The number of hydrogen-bond donors (Lipinski definition) is 1. The first kappa shape index (κ1) is 15.9. The van der Waals surface area contributed by atoms with Gasteiger partial charge in [0.25, 0.3) is 0 Å². The molecule has 0 aliphatic rings. The van der Waals surface area contributed by atoms with Crippen molar-refractivity contribution >= 4 is 5.78 Å². The second-order valence-electron chi connectivity index (χ2n) is 4.73. The van der Waals surface area contributed by atoms with E-state index < -0.39 is 0 Å². The summed E-state index contributed by atoms with van der Waals surface area (Å²) in [5, 5.41) is 3.24. The fourth-order valence-electron chi connectivity index (χ4n) is 1.79. The number of rotatable bonds is 10. The number of ether oxygens (including phenoxy) is 1. The van der Waals surface area contributed by atoms with E-state index in [1.54, 1.807) is 0 Å². The van der Waals surface area contributed by atoms with Crippen molar-refractivity contribution in [3.05, 3.63) is 35.9 Å². The lowest BCUT2D eigenvalue weighted by Crippen LogP contribution is -2.35. The van der Waals surface area contributed by atoms with Crippen molar-refractivity contribution < 1.29 is 9.53 Å². The third-order valence-corrected chi connectivity index (χ3v) is 3.01. The van der Waals surface area contributed by atoms with Crippen LogP contribution in [0, 0.1) is 0 Å². The van der Waals surface area contributed by atoms with Crippen molar-refractivity contribution in [2.24, 2.45) is 0 Å². The first-order valence-electron chi connectivity index (χ1n) is 7.16. The van der Waals surface area contributed by atoms with Gasteiger partial charge in [0.2, 0.25) is 0 Å². The minimum atomic E-state index is -0.141. The fourth-order valence-corrected chi connectivity index (χ4v) is 1.79. The van der Waals surface area contributed by atoms with Crippen LogP contribution in [0.4, 0.5) is 0 Å². The van der Waals surface area contributed by atoms with Gasteiger partial charge in [-0.15, -0.1) is 0 Å². The standard InChI is InChI=1S/C16H25NO2/c1-3-4-12-19-13-8-11-17-14(2)16(18)15-9-6-5-7-10-15/h5-7,9-10,14,17H,3-4,8,11-13H2,1-2H3. The van der Waals surface area contributed by atoms with Gasteiger partial charge in [0, 0.05) is 18.8 Å². The van der Waals surface area contributed by atoms with Crippen LogP contribution in [-0.2, 0) is 4.74 Å². The molecule has 0 aliphatic carbocycles. The molecule has 3 heteroatoms. The number of Topliss-reactive ketones (excluding diaryl/α,β-unsaturated/α-hetero) is 1. The minimum Gasteiger partial charge on any atom is -0.381 e. The third-order valence-electron chi connectivity index (χ3n) is 3.01. The lowest BCUT2D eigenvalue weighted by molar-refractivity contribution is 0.0944. The summed E-state index contributed by atoms with van der Waals surface area (Å²) in [6.07, 6.45) is 3.23. The van der Waals surface area contributed by atoms with Crippen LogP contribution in [0.3, 0.4) is 0 Å². The number of benzene rings is 1. The van der Waals surface area contributed by atoms with Crippen molar-refractivity contribution in [3.8, 4) is 0 Å². The Balaban J connectivity index is 2.14. The van der Waals surface area contributed by atoms with Crippen molar-refractivity contribution in [1.29, 1.82) is 0 Å². The molecular formula is C16H25NO2. The van der Waals surface area contributed by atoms with E-state index in [2.05, 4.69) is 12.2 Å². The lowest BCUT2D eigenvalue weighted by Gasteiger charge is -2.12. The van der Waals surface area contributed by atoms with Gasteiger partial charge in [-0.3, -0.25) is 4.79 Å². The number of carbonyl (C=O) groups is 1. The molecule has 0 heterocycles. The van der Waals surface area contributed by atoms with Gasteiger partial charge in [-0.25, -0.2) is 0 Å². The highest BCUT2D eigenvalue weighted by molar-refractivity contribution is 5.99. The Kier molecular flexibility index (Phi) is 8.10. The minimum absolute atomic E-state index is 0.141. The molecule has 1 aromatic rings. The van der Waals surface area contributed by atoms with Crippen LogP contribution in [0.5, 0.6) is 0 Å². The first-order chi connectivity index (χ1) is 9.25. The zero-order valence-corrected chi connectivity index (χ0v) is 12.0. The molecule has 1 rings (SSSR count). The molecule has 1 aromatic carbocycles. The second kappa shape index (κ2) is 9.70. The zero-order chi connectivity index (χ0) is 13.9. The van der Waals surface area contributed by atoms with E-state index in [0.29, 0.717) is 0 Å². The molecule has 0 bridgehead atoms. The topological polar surface area (TPSA) is 38.3 Å². The molecule has 0 saturated carbocycles. The molecule has 106 valence electrons. The van der Waals surface area contributed by atoms with Gasteiger partial charge in [-0.2, -0.15) is 0 Å². The predicted molar refractivity (Wildman–Crippen MR) is 78.6 cm³/mol. The van der Waals surface area contributed by atoms with E-state index in [1.165, 1.54) is 6.42 Å². The van der Waals surface area contributed by atoms with Crippen molar-refractivity contribution in [2.75, 3.05) is 19.8 Å². The summed E-state index contributed by atoms with van der Waals surface area (Å²) in [6.45, 7) is 6.48. The molecular weight excluding hydrogens is 238 g/mol. The van der Waals surface area contributed by atoms with Gasteiger partial charge < -0.3 is 10.1 Å². The summed E-state index contributed by atoms with van der Waals surface area (Å²) in [7, 11) is 0. The molecule has 1 N–H and O–H groups in total. The summed E-state index contributed by atoms with van der Waals surface area (Å²) in [5.41, 5.74) is 0.765. The highest BCUT2D eigenvalue weighted by Crippen LogP contribution is 2.03. The molecule has 0 amide bonds. The Hall–Kier alpha value is -1.19. The molecule has 0 spiro atoms. The van der Waals surface area contributed by atoms with E-state index in [4.69, 9.17) is 4.74 Å². The molecule has 3 nitrogen and oxygen atoms in total. The van der Waals surface area contributed by atoms with E-state index in [-0.39, 0.29) is 11.8 Å². The maximum atomic E-state index is 12.1. The van der Waals surface area contributed by atoms with Crippen LogP contribution in [0.15, 0.2) is 30.3 Å². The normalized spacial score (nSPS) is 12.3. The van der Waals surface area contributed by atoms with Gasteiger partial charge in [0.1, 0.15) is 0 Å². The van der Waals surface area contributed by atoms with Crippen molar-refractivity contribution in [3.63, 3.8) is 0 Å². The predicted octanol–water partition coefficient (Wildman–Crippen LogP) is 3.05. The van der Waals surface area contributed by atoms with Gasteiger partial charge in [-0.05, 0) is 26.3 Å². The number of carbonyl (C=O) groups excluding carboxylic acids is 1. The van der Waals surface area contributed by atoms with E-state index in [1.807, 2.05) is 37.3 Å². The molecule has 19 heavy (non-hydrogen) atoms. The smallest absolute Gasteiger partial charge is 0.179 e.